The number of fused-ring (bicyclic) bond motifs is 3. The molecule has 0 spiro atoms. The Morgan fingerprint density at radius 3 is 2.79 bits per heavy atom. The van der Waals surface area contributed by atoms with E-state index in [1.807, 2.05) is 6.92 Å². The molecule has 1 heterocycles. The third-order valence-electron chi connectivity index (χ3n) is 5.44. The second-order valence-corrected chi connectivity index (χ2v) is 9.76. The molecule has 0 radical (unpaired) electrons. The molecular weight excluding hydrogens is 344 g/mol. The SMILES string of the molecule is CCCn1c(=O)sc2cc(S(=O)(=O)N[C@H]3C[C@@H]4CC[C@@H]3C4)ccc21. The van der Waals surface area contributed by atoms with Crippen molar-refractivity contribution in [3.63, 3.8) is 0 Å². The summed E-state index contributed by atoms with van der Waals surface area (Å²) in [6.45, 7) is 2.68. The van der Waals surface area contributed by atoms with Crippen molar-refractivity contribution in [3.05, 3.63) is 27.9 Å². The highest BCUT2D eigenvalue weighted by atomic mass is 32.2. The second kappa shape index (κ2) is 5.97. The zero-order valence-electron chi connectivity index (χ0n) is 13.7. The van der Waals surface area contributed by atoms with Crippen molar-refractivity contribution in [2.45, 2.75) is 56.5 Å². The number of rotatable bonds is 5. The van der Waals surface area contributed by atoms with E-state index in [0.29, 0.717) is 18.4 Å². The van der Waals surface area contributed by atoms with Crippen LogP contribution in [0.15, 0.2) is 27.9 Å². The molecule has 0 unspecified atom stereocenters. The maximum Gasteiger partial charge on any atom is 0.308 e. The third kappa shape index (κ3) is 2.72. The molecule has 2 aliphatic rings. The number of nitrogens with one attached hydrogen (secondary N) is 1. The van der Waals surface area contributed by atoms with Crippen molar-refractivity contribution >= 4 is 31.6 Å². The van der Waals surface area contributed by atoms with Gasteiger partial charge in [-0.1, -0.05) is 24.7 Å². The fraction of sp³-hybridized carbons (Fsp3) is 0.588. The van der Waals surface area contributed by atoms with Crippen LogP contribution in [0.1, 0.15) is 39.0 Å². The van der Waals surface area contributed by atoms with Crippen LogP contribution in [-0.4, -0.2) is 19.0 Å². The zero-order valence-corrected chi connectivity index (χ0v) is 15.3. The summed E-state index contributed by atoms with van der Waals surface area (Å²) in [7, 11) is -3.53. The standard InChI is InChI=1S/C17H22N2O3S2/c1-2-7-19-15-6-5-13(10-16(15)23-17(19)20)24(21,22)18-14-9-11-3-4-12(14)8-11/h5-6,10-12,14,18H,2-4,7-9H2,1H3/t11-,12-,14+/m1/s1. The number of thiazole rings is 1. The number of nitrogens with zero attached hydrogens (tertiary/aromatic N) is 1. The lowest BCUT2D eigenvalue weighted by Gasteiger charge is -2.22. The topological polar surface area (TPSA) is 68.2 Å². The number of sulfonamides is 1. The summed E-state index contributed by atoms with van der Waals surface area (Å²) in [6, 6.07) is 5.10. The molecule has 1 aromatic carbocycles. The minimum atomic E-state index is -3.53. The van der Waals surface area contributed by atoms with Crippen molar-refractivity contribution < 1.29 is 8.42 Å². The molecule has 2 aliphatic carbocycles. The third-order valence-corrected chi connectivity index (χ3v) is 7.87. The van der Waals surface area contributed by atoms with E-state index < -0.39 is 10.0 Å². The van der Waals surface area contributed by atoms with Crippen LogP contribution < -0.4 is 9.60 Å². The first-order valence-corrected chi connectivity index (χ1v) is 10.9. The predicted molar refractivity (Wildman–Crippen MR) is 95.9 cm³/mol. The summed E-state index contributed by atoms with van der Waals surface area (Å²) in [6.07, 6.45) is 5.38. The van der Waals surface area contributed by atoms with Crippen molar-refractivity contribution in [1.82, 2.24) is 9.29 Å². The van der Waals surface area contributed by atoms with E-state index >= 15 is 0 Å². The fourth-order valence-corrected chi connectivity index (χ4v) is 6.68. The maximum atomic E-state index is 12.7. The Balaban J connectivity index is 1.64. The van der Waals surface area contributed by atoms with Crippen LogP contribution in [0.4, 0.5) is 0 Å². The molecule has 0 aliphatic heterocycles. The van der Waals surface area contributed by atoms with Crippen molar-refractivity contribution in [1.29, 1.82) is 0 Å². The van der Waals surface area contributed by atoms with E-state index in [2.05, 4.69) is 4.72 Å². The first kappa shape index (κ1) is 16.3. The minimum absolute atomic E-state index is 0.0255. The van der Waals surface area contributed by atoms with Gasteiger partial charge < -0.3 is 0 Å². The molecule has 3 atom stereocenters. The van der Waals surface area contributed by atoms with Crippen LogP contribution in [0.5, 0.6) is 0 Å². The fourth-order valence-electron chi connectivity index (χ4n) is 4.31. The van der Waals surface area contributed by atoms with Crippen LogP contribution in [0, 0.1) is 11.8 Å². The lowest BCUT2D eigenvalue weighted by molar-refractivity contribution is 0.390. The number of hydrogen-bond acceptors (Lipinski definition) is 4. The van der Waals surface area contributed by atoms with Crippen LogP contribution in [0.3, 0.4) is 0 Å². The van der Waals surface area contributed by atoms with E-state index in [0.717, 1.165) is 47.2 Å². The molecule has 0 amide bonds. The van der Waals surface area contributed by atoms with Crippen LogP contribution >= 0.6 is 11.3 Å². The van der Waals surface area contributed by atoms with Crippen molar-refractivity contribution in [3.8, 4) is 0 Å². The van der Waals surface area contributed by atoms with Gasteiger partial charge in [0.15, 0.2) is 0 Å². The summed E-state index contributed by atoms with van der Waals surface area (Å²) in [5, 5.41) is 0. The Morgan fingerprint density at radius 1 is 1.29 bits per heavy atom. The number of benzene rings is 1. The van der Waals surface area contributed by atoms with E-state index in [1.54, 1.807) is 22.8 Å². The molecule has 24 heavy (non-hydrogen) atoms. The lowest BCUT2D eigenvalue weighted by Crippen LogP contribution is -2.38. The number of hydrogen-bond donors (Lipinski definition) is 1. The highest BCUT2D eigenvalue weighted by Gasteiger charge is 2.41. The van der Waals surface area contributed by atoms with Gasteiger partial charge in [0.05, 0.1) is 15.1 Å². The molecule has 1 N–H and O–H groups in total. The number of aryl methyl sites for hydroxylation is 1. The molecule has 7 heteroatoms. The van der Waals surface area contributed by atoms with Gasteiger partial charge in [-0.25, -0.2) is 13.1 Å². The number of aromatic nitrogens is 1. The van der Waals surface area contributed by atoms with Crippen LogP contribution in [-0.2, 0) is 16.6 Å². The highest BCUT2D eigenvalue weighted by Crippen LogP contribution is 2.44. The molecule has 2 saturated carbocycles. The Kier molecular flexibility index (Phi) is 4.05. The maximum absolute atomic E-state index is 12.7. The predicted octanol–water partition coefficient (Wildman–Crippen LogP) is 2.94. The molecule has 4 rings (SSSR count). The Morgan fingerprint density at radius 2 is 2.12 bits per heavy atom. The zero-order chi connectivity index (χ0) is 16.9. The average Bonchev–Trinajstić information content (AvgIpc) is 3.22. The molecule has 130 valence electrons. The van der Waals surface area contributed by atoms with Gasteiger partial charge in [-0.2, -0.15) is 0 Å². The van der Waals surface area contributed by atoms with Gasteiger partial charge in [-0.3, -0.25) is 9.36 Å². The Bertz CT molecular complexity index is 929. The molecule has 5 nitrogen and oxygen atoms in total. The van der Waals surface area contributed by atoms with E-state index in [1.165, 1.54) is 6.42 Å². The summed E-state index contributed by atoms with van der Waals surface area (Å²) in [4.78, 5) is 12.3. The van der Waals surface area contributed by atoms with Gasteiger partial charge in [0.1, 0.15) is 0 Å². The Hall–Kier alpha value is -1.18. The van der Waals surface area contributed by atoms with Gasteiger partial charge in [0.2, 0.25) is 10.0 Å². The molecule has 2 bridgehead atoms. The first-order valence-electron chi connectivity index (χ1n) is 8.63. The molecule has 0 saturated heterocycles. The van der Waals surface area contributed by atoms with Gasteiger partial charge in [0, 0.05) is 12.6 Å². The van der Waals surface area contributed by atoms with E-state index in [4.69, 9.17) is 0 Å². The van der Waals surface area contributed by atoms with Crippen molar-refractivity contribution in [2.24, 2.45) is 11.8 Å². The van der Waals surface area contributed by atoms with E-state index in [-0.39, 0.29) is 15.8 Å². The summed E-state index contributed by atoms with van der Waals surface area (Å²) in [5.41, 5.74) is 0.825. The van der Waals surface area contributed by atoms with Gasteiger partial charge in [-0.05, 0) is 55.7 Å². The van der Waals surface area contributed by atoms with Gasteiger partial charge in [-0.15, -0.1) is 0 Å². The van der Waals surface area contributed by atoms with Crippen LogP contribution in [0.2, 0.25) is 0 Å². The van der Waals surface area contributed by atoms with Crippen molar-refractivity contribution in [2.75, 3.05) is 0 Å². The molecular formula is C17H22N2O3S2. The summed E-state index contributed by atoms with van der Waals surface area (Å²) < 4.78 is 30.8. The molecule has 1 aromatic heterocycles. The molecule has 2 aromatic rings. The normalized spacial score (nSPS) is 26.5. The smallest absolute Gasteiger partial charge is 0.299 e. The van der Waals surface area contributed by atoms with Crippen LogP contribution in [0.25, 0.3) is 10.2 Å². The first-order chi connectivity index (χ1) is 11.5. The second-order valence-electron chi connectivity index (χ2n) is 7.05. The largest absolute Gasteiger partial charge is 0.308 e. The quantitative estimate of drug-likeness (QED) is 0.885. The highest BCUT2D eigenvalue weighted by molar-refractivity contribution is 7.89. The monoisotopic (exact) mass is 366 g/mol. The van der Waals surface area contributed by atoms with Gasteiger partial charge >= 0.3 is 4.87 Å². The summed E-state index contributed by atoms with van der Waals surface area (Å²) in [5.74, 6) is 1.19. The molecule has 2 fully saturated rings. The average molecular weight is 367 g/mol. The minimum Gasteiger partial charge on any atom is -0.299 e. The van der Waals surface area contributed by atoms with Gasteiger partial charge in [0.25, 0.3) is 0 Å². The van der Waals surface area contributed by atoms with E-state index in [9.17, 15) is 13.2 Å². The summed E-state index contributed by atoms with van der Waals surface area (Å²) >= 11 is 1.12. The Labute approximate surface area is 145 Å². The lowest BCUT2D eigenvalue weighted by atomic mass is 9.96.